The van der Waals surface area contributed by atoms with Crippen LogP contribution >= 0.6 is 0 Å². The number of terminal acetylenes is 1. The van der Waals surface area contributed by atoms with Crippen LogP contribution in [0.4, 0.5) is 0 Å². The fraction of sp³-hybridized carbons (Fsp3) is 0.609. The molecule has 0 bridgehead atoms. The van der Waals surface area contributed by atoms with E-state index >= 15 is 0 Å². The Morgan fingerprint density at radius 1 is 1.35 bits per heavy atom. The van der Waals surface area contributed by atoms with E-state index in [1.54, 1.807) is 0 Å². The van der Waals surface area contributed by atoms with Crippen molar-refractivity contribution in [3.05, 3.63) is 29.3 Å². The number of hydrogen-bond donors (Lipinski definition) is 2. The number of aliphatic hydroxyl groups excluding tert-OH is 1. The monoisotopic (exact) mass is 351 g/mol. The van der Waals surface area contributed by atoms with Gasteiger partial charge in [0.15, 0.2) is 0 Å². The number of aryl methyl sites for hydroxylation is 1. The van der Waals surface area contributed by atoms with Gasteiger partial charge in [0.05, 0.1) is 11.8 Å². The van der Waals surface area contributed by atoms with Crippen LogP contribution in [0.3, 0.4) is 0 Å². The molecular formula is C23H29NO2. The SMILES string of the molecule is C#CCC(=N)COc1ccc2c(c1)CC[C@@H]1[C@@H]2CC[C@]2(C)[C@@H](O)CC[C@@H]12. The van der Waals surface area contributed by atoms with Crippen LogP contribution in [0.5, 0.6) is 5.75 Å². The summed E-state index contributed by atoms with van der Waals surface area (Å²) >= 11 is 0. The highest BCUT2D eigenvalue weighted by atomic mass is 16.5. The fourth-order valence-electron chi connectivity index (χ4n) is 5.97. The van der Waals surface area contributed by atoms with Crippen LogP contribution in [0, 0.1) is 35.0 Å². The second-order valence-corrected chi connectivity index (χ2v) is 8.69. The Bertz CT molecular complexity index is 749. The van der Waals surface area contributed by atoms with Crippen molar-refractivity contribution in [1.82, 2.24) is 0 Å². The third-order valence-corrected chi connectivity index (χ3v) is 7.38. The summed E-state index contributed by atoms with van der Waals surface area (Å²) in [4.78, 5) is 0. The predicted molar refractivity (Wildman–Crippen MR) is 104 cm³/mol. The Morgan fingerprint density at radius 2 is 2.19 bits per heavy atom. The largest absolute Gasteiger partial charge is 0.488 e. The lowest BCUT2D eigenvalue weighted by Gasteiger charge is -2.50. The summed E-state index contributed by atoms with van der Waals surface area (Å²) in [6.45, 7) is 2.59. The molecule has 0 unspecified atom stereocenters. The lowest BCUT2D eigenvalue weighted by Crippen LogP contribution is -2.43. The van der Waals surface area contributed by atoms with Gasteiger partial charge in [-0.15, -0.1) is 12.3 Å². The number of ether oxygens (including phenoxy) is 1. The summed E-state index contributed by atoms with van der Waals surface area (Å²) < 4.78 is 5.77. The Morgan fingerprint density at radius 3 is 3.00 bits per heavy atom. The van der Waals surface area contributed by atoms with Crippen LogP contribution in [0.25, 0.3) is 0 Å². The van der Waals surface area contributed by atoms with Gasteiger partial charge in [-0.25, -0.2) is 0 Å². The van der Waals surface area contributed by atoms with Gasteiger partial charge in [-0.05, 0) is 85.0 Å². The number of rotatable bonds is 4. The molecule has 0 spiro atoms. The van der Waals surface area contributed by atoms with E-state index in [-0.39, 0.29) is 18.1 Å². The number of aliphatic hydroxyl groups is 1. The highest BCUT2D eigenvalue weighted by Gasteiger charge is 2.54. The molecular weight excluding hydrogens is 322 g/mol. The molecule has 3 aliphatic rings. The second kappa shape index (κ2) is 6.74. The average Bonchev–Trinajstić information content (AvgIpc) is 2.95. The summed E-state index contributed by atoms with van der Waals surface area (Å²) in [5, 5.41) is 18.3. The summed E-state index contributed by atoms with van der Waals surface area (Å²) in [5.41, 5.74) is 3.49. The standard InChI is InChI=1S/C23H29NO2/c1-3-4-16(24)14-26-17-6-8-18-15(13-17)5-7-20-19(18)11-12-23(2)21(20)9-10-22(23)25/h1,6,8,13,19-22,24-25H,4-5,7,9-12,14H2,2H3/t19-,20-,21+,22+,23+/m1/s1. The fourth-order valence-corrected chi connectivity index (χ4v) is 5.97. The zero-order valence-electron chi connectivity index (χ0n) is 15.6. The van der Waals surface area contributed by atoms with Crippen molar-refractivity contribution in [3.63, 3.8) is 0 Å². The molecule has 3 nitrogen and oxygen atoms in total. The molecule has 3 heteroatoms. The van der Waals surface area contributed by atoms with Gasteiger partial charge >= 0.3 is 0 Å². The zero-order valence-corrected chi connectivity index (χ0v) is 15.6. The summed E-state index contributed by atoms with van der Waals surface area (Å²) in [5.74, 6) is 5.36. The molecule has 3 aliphatic carbocycles. The van der Waals surface area contributed by atoms with E-state index in [0.717, 1.165) is 25.0 Å². The number of benzene rings is 1. The first-order chi connectivity index (χ1) is 12.5. The van der Waals surface area contributed by atoms with E-state index < -0.39 is 0 Å². The third kappa shape index (κ3) is 2.85. The van der Waals surface area contributed by atoms with Gasteiger partial charge in [-0.1, -0.05) is 13.0 Å². The van der Waals surface area contributed by atoms with Gasteiger partial charge < -0.3 is 15.3 Å². The lowest BCUT2D eigenvalue weighted by molar-refractivity contribution is -0.0226. The highest BCUT2D eigenvalue weighted by Crippen LogP contribution is 2.60. The molecule has 2 saturated carbocycles. The maximum atomic E-state index is 10.5. The van der Waals surface area contributed by atoms with Gasteiger partial charge in [0.2, 0.25) is 0 Å². The first-order valence-electron chi connectivity index (χ1n) is 9.96. The molecule has 0 aliphatic heterocycles. The molecule has 5 atom stereocenters. The number of nitrogens with one attached hydrogen (secondary N) is 1. The predicted octanol–water partition coefficient (Wildman–Crippen LogP) is 4.33. The van der Waals surface area contributed by atoms with Crippen LogP contribution in [0.1, 0.15) is 62.5 Å². The maximum absolute atomic E-state index is 10.5. The van der Waals surface area contributed by atoms with Gasteiger partial charge in [-0.2, -0.15) is 0 Å². The summed E-state index contributed by atoms with van der Waals surface area (Å²) in [7, 11) is 0. The zero-order chi connectivity index (χ0) is 18.3. The van der Waals surface area contributed by atoms with Gasteiger partial charge in [-0.3, -0.25) is 0 Å². The maximum Gasteiger partial charge on any atom is 0.127 e. The van der Waals surface area contributed by atoms with Crippen LogP contribution < -0.4 is 4.74 Å². The lowest BCUT2D eigenvalue weighted by atomic mass is 9.55. The van der Waals surface area contributed by atoms with E-state index in [1.165, 1.54) is 30.4 Å². The first kappa shape index (κ1) is 17.6. The van der Waals surface area contributed by atoms with E-state index in [4.69, 9.17) is 16.6 Å². The van der Waals surface area contributed by atoms with Crippen LogP contribution in [-0.4, -0.2) is 23.5 Å². The first-order valence-corrected chi connectivity index (χ1v) is 9.96. The van der Waals surface area contributed by atoms with Crippen molar-refractivity contribution in [2.75, 3.05) is 6.61 Å². The van der Waals surface area contributed by atoms with Crippen molar-refractivity contribution in [3.8, 4) is 18.1 Å². The van der Waals surface area contributed by atoms with Gasteiger partial charge in [0.1, 0.15) is 12.4 Å². The van der Waals surface area contributed by atoms with Crippen molar-refractivity contribution < 1.29 is 9.84 Å². The Kier molecular flexibility index (Phi) is 4.57. The molecule has 0 aromatic heterocycles. The average molecular weight is 351 g/mol. The normalized spacial score (nSPS) is 35.0. The van der Waals surface area contributed by atoms with Crippen molar-refractivity contribution in [2.24, 2.45) is 17.3 Å². The molecule has 2 N–H and O–H groups in total. The highest BCUT2D eigenvalue weighted by molar-refractivity contribution is 5.84. The molecule has 2 fully saturated rings. The minimum absolute atomic E-state index is 0.107. The van der Waals surface area contributed by atoms with E-state index in [0.29, 0.717) is 29.9 Å². The molecule has 0 radical (unpaired) electrons. The van der Waals surface area contributed by atoms with Crippen LogP contribution in [-0.2, 0) is 6.42 Å². The smallest absolute Gasteiger partial charge is 0.127 e. The van der Waals surface area contributed by atoms with Crippen LogP contribution in [0.15, 0.2) is 18.2 Å². The van der Waals surface area contributed by atoms with Crippen molar-refractivity contribution in [2.45, 2.75) is 63.9 Å². The Labute approximate surface area is 156 Å². The molecule has 4 rings (SSSR count). The summed E-state index contributed by atoms with van der Waals surface area (Å²) in [6.07, 6.45) is 12.3. The third-order valence-electron chi connectivity index (χ3n) is 7.38. The summed E-state index contributed by atoms with van der Waals surface area (Å²) in [6, 6.07) is 6.48. The van der Waals surface area contributed by atoms with E-state index in [2.05, 4.69) is 31.0 Å². The van der Waals surface area contributed by atoms with Crippen molar-refractivity contribution in [1.29, 1.82) is 5.41 Å². The van der Waals surface area contributed by atoms with Crippen LogP contribution in [0.2, 0.25) is 0 Å². The van der Waals surface area contributed by atoms with Crippen molar-refractivity contribution >= 4 is 5.71 Å². The minimum Gasteiger partial charge on any atom is -0.488 e. The number of fused-ring (bicyclic) bond motifs is 5. The molecule has 1 aromatic rings. The minimum atomic E-state index is -0.107. The Hall–Kier alpha value is -1.79. The molecule has 0 amide bonds. The topological polar surface area (TPSA) is 53.3 Å². The van der Waals surface area contributed by atoms with Gasteiger partial charge in [0, 0.05) is 6.42 Å². The quantitative estimate of drug-likeness (QED) is 0.627. The Balaban J connectivity index is 1.51. The number of hydrogen-bond acceptors (Lipinski definition) is 3. The van der Waals surface area contributed by atoms with Gasteiger partial charge in [0.25, 0.3) is 0 Å². The molecule has 26 heavy (non-hydrogen) atoms. The molecule has 138 valence electrons. The molecule has 0 heterocycles. The van der Waals surface area contributed by atoms with E-state index in [9.17, 15) is 5.11 Å². The van der Waals surface area contributed by atoms with E-state index in [1.807, 2.05) is 0 Å². The second-order valence-electron chi connectivity index (χ2n) is 8.69. The molecule has 1 aromatic carbocycles. The molecule has 0 saturated heterocycles.